The van der Waals surface area contributed by atoms with Crippen LogP contribution < -0.4 is 0 Å². The molecule has 2 heterocycles. The number of nitrogens with zero attached hydrogens (tertiary/aromatic N) is 4. The van der Waals surface area contributed by atoms with E-state index >= 15 is 0 Å². The largest absolute Gasteiger partial charge is 0.392 e. The molecular formula is C17H18N4O. The smallest absolute Gasteiger partial charge is 0.182 e. The second-order valence-corrected chi connectivity index (χ2v) is 5.49. The van der Waals surface area contributed by atoms with Gasteiger partial charge < -0.3 is 5.11 Å². The van der Waals surface area contributed by atoms with Crippen molar-refractivity contribution in [1.82, 2.24) is 9.38 Å². The van der Waals surface area contributed by atoms with Gasteiger partial charge in [0, 0.05) is 6.20 Å². The number of azo groups is 1. The number of aromatic nitrogens is 2. The van der Waals surface area contributed by atoms with Crippen LogP contribution in [0, 0.1) is 20.8 Å². The number of fused-ring (bicyclic) bond motifs is 1. The number of pyridine rings is 1. The molecule has 0 saturated carbocycles. The van der Waals surface area contributed by atoms with Crippen molar-refractivity contribution in [2.45, 2.75) is 27.4 Å². The van der Waals surface area contributed by atoms with Crippen LogP contribution in [-0.4, -0.2) is 14.5 Å². The van der Waals surface area contributed by atoms with E-state index in [9.17, 15) is 5.11 Å². The molecule has 0 atom stereocenters. The minimum atomic E-state index is 0.00181. The van der Waals surface area contributed by atoms with Crippen LogP contribution in [-0.2, 0) is 6.61 Å². The zero-order valence-electron chi connectivity index (χ0n) is 12.9. The molecule has 0 spiro atoms. The number of imidazole rings is 1. The molecule has 0 aliphatic carbocycles. The molecule has 0 saturated heterocycles. The highest BCUT2D eigenvalue weighted by atomic mass is 16.3. The summed E-state index contributed by atoms with van der Waals surface area (Å²) < 4.78 is 1.88. The Bertz CT molecular complexity index is 844. The molecule has 0 aliphatic rings. The van der Waals surface area contributed by atoms with E-state index in [4.69, 9.17) is 0 Å². The molecule has 3 rings (SSSR count). The quantitative estimate of drug-likeness (QED) is 0.737. The van der Waals surface area contributed by atoms with Crippen molar-refractivity contribution in [3.05, 3.63) is 58.9 Å². The lowest BCUT2D eigenvalue weighted by atomic mass is 10.1. The topological polar surface area (TPSA) is 62.2 Å². The lowest BCUT2D eigenvalue weighted by molar-refractivity contribution is 0.282. The second kappa shape index (κ2) is 5.69. The zero-order chi connectivity index (χ0) is 15.7. The van der Waals surface area contributed by atoms with Crippen molar-refractivity contribution in [2.24, 2.45) is 10.2 Å². The molecule has 0 unspecified atom stereocenters. The van der Waals surface area contributed by atoms with E-state index in [0.717, 1.165) is 33.7 Å². The first-order valence-corrected chi connectivity index (χ1v) is 7.15. The van der Waals surface area contributed by atoms with Crippen molar-refractivity contribution < 1.29 is 5.11 Å². The Morgan fingerprint density at radius 2 is 1.77 bits per heavy atom. The van der Waals surface area contributed by atoms with E-state index in [2.05, 4.69) is 21.3 Å². The van der Waals surface area contributed by atoms with E-state index in [1.165, 1.54) is 0 Å². The summed E-state index contributed by atoms with van der Waals surface area (Å²) in [5, 5.41) is 17.9. The average Bonchev–Trinajstić information content (AvgIpc) is 2.78. The van der Waals surface area contributed by atoms with Crippen LogP contribution in [0.2, 0.25) is 0 Å². The highest BCUT2D eigenvalue weighted by Crippen LogP contribution is 2.25. The van der Waals surface area contributed by atoms with E-state index in [1.807, 2.05) is 55.6 Å². The molecule has 5 heteroatoms. The van der Waals surface area contributed by atoms with Gasteiger partial charge in [-0.2, -0.15) is 0 Å². The Hall–Kier alpha value is -2.53. The molecule has 0 fully saturated rings. The Kier molecular flexibility index (Phi) is 3.73. The van der Waals surface area contributed by atoms with Gasteiger partial charge in [-0.15, -0.1) is 10.2 Å². The van der Waals surface area contributed by atoms with Crippen molar-refractivity contribution in [3.63, 3.8) is 0 Å². The summed E-state index contributed by atoms with van der Waals surface area (Å²) in [5.41, 5.74) is 5.56. The number of hydrogen-bond acceptors (Lipinski definition) is 4. The minimum absolute atomic E-state index is 0.00181. The summed E-state index contributed by atoms with van der Waals surface area (Å²) in [6.07, 6.45) is 1.86. The van der Waals surface area contributed by atoms with Gasteiger partial charge in [0.15, 0.2) is 5.82 Å². The van der Waals surface area contributed by atoms with Crippen molar-refractivity contribution in [3.8, 4) is 0 Å². The molecule has 5 nitrogen and oxygen atoms in total. The van der Waals surface area contributed by atoms with Gasteiger partial charge in [0.2, 0.25) is 0 Å². The average molecular weight is 294 g/mol. The standard InChI is InChI=1S/C17H18N4O/c1-11-6-12(2)8-15(7-11)19-20-17-13(3)18-16-9-14(10-22)4-5-21(16)17/h4-9,22H,10H2,1-3H3. The molecular weight excluding hydrogens is 276 g/mol. The lowest BCUT2D eigenvalue weighted by Gasteiger charge is -2.00. The van der Waals surface area contributed by atoms with Crippen LogP contribution >= 0.6 is 0 Å². The monoisotopic (exact) mass is 294 g/mol. The number of aryl methyl sites for hydroxylation is 3. The second-order valence-electron chi connectivity index (χ2n) is 5.49. The van der Waals surface area contributed by atoms with Gasteiger partial charge in [-0.25, -0.2) is 4.98 Å². The number of rotatable bonds is 3. The highest BCUT2D eigenvalue weighted by molar-refractivity contribution is 5.53. The molecule has 1 N–H and O–H groups in total. The third-order valence-electron chi connectivity index (χ3n) is 3.48. The number of aliphatic hydroxyl groups excluding tert-OH is 1. The first-order valence-electron chi connectivity index (χ1n) is 7.15. The summed E-state index contributed by atoms with van der Waals surface area (Å²) in [4.78, 5) is 4.47. The molecule has 112 valence electrons. The van der Waals surface area contributed by atoms with Gasteiger partial charge in [-0.1, -0.05) is 6.07 Å². The molecule has 0 amide bonds. The van der Waals surface area contributed by atoms with E-state index in [0.29, 0.717) is 5.82 Å². The summed E-state index contributed by atoms with van der Waals surface area (Å²) >= 11 is 0. The highest BCUT2D eigenvalue weighted by Gasteiger charge is 2.08. The third kappa shape index (κ3) is 2.76. The van der Waals surface area contributed by atoms with Crippen molar-refractivity contribution in [1.29, 1.82) is 0 Å². The number of hydrogen-bond donors (Lipinski definition) is 1. The van der Waals surface area contributed by atoms with Gasteiger partial charge in [0.1, 0.15) is 5.65 Å². The minimum Gasteiger partial charge on any atom is -0.392 e. The maximum absolute atomic E-state index is 9.20. The summed E-state index contributed by atoms with van der Waals surface area (Å²) in [7, 11) is 0. The van der Waals surface area contributed by atoms with Crippen LogP contribution in [0.15, 0.2) is 46.8 Å². The van der Waals surface area contributed by atoms with Crippen LogP contribution in [0.3, 0.4) is 0 Å². The van der Waals surface area contributed by atoms with Gasteiger partial charge in [-0.05, 0) is 61.7 Å². The normalized spacial score (nSPS) is 11.6. The van der Waals surface area contributed by atoms with Gasteiger partial charge >= 0.3 is 0 Å². The zero-order valence-corrected chi connectivity index (χ0v) is 12.9. The first kappa shape index (κ1) is 14.4. The van der Waals surface area contributed by atoms with Crippen LogP contribution in [0.5, 0.6) is 0 Å². The van der Waals surface area contributed by atoms with Crippen molar-refractivity contribution >= 4 is 17.2 Å². The van der Waals surface area contributed by atoms with E-state index < -0.39 is 0 Å². The summed E-state index contributed by atoms with van der Waals surface area (Å²) in [6.45, 7) is 5.99. The summed E-state index contributed by atoms with van der Waals surface area (Å²) in [6, 6.07) is 9.81. The molecule has 0 aliphatic heterocycles. The van der Waals surface area contributed by atoms with Crippen molar-refractivity contribution in [2.75, 3.05) is 0 Å². The molecule has 0 bridgehead atoms. The van der Waals surface area contributed by atoms with Gasteiger partial charge in [-0.3, -0.25) is 4.40 Å². The maximum Gasteiger partial charge on any atom is 0.182 e. The first-order chi connectivity index (χ1) is 10.6. The van der Waals surface area contributed by atoms with Crippen LogP contribution in [0.4, 0.5) is 11.5 Å². The van der Waals surface area contributed by atoms with Gasteiger partial charge in [0.25, 0.3) is 0 Å². The van der Waals surface area contributed by atoms with Crippen LogP contribution in [0.1, 0.15) is 22.4 Å². The lowest BCUT2D eigenvalue weighted by Crippen LogP contribution is -1.88. The van der Waals surface area contributed by atoms with E-state index in [-0.39, 0.29) is 6.61 Å². The third-order valence-corrected chi connectivity index (χ3v) is 3.48. The fourth-order valence-electron chi connectivity index (χ4n) is 2.52. The molecule has 0 radical (unpaired) electrons. The predicted molar refractivity (Wildman–Crippen MR) is 85.9 cm³/mol. The molecule has 22 heavy (non-hydrogen) atoms. The SMILES string of the molecule is Cc1cc(C)cc(N=Nc2c(C)nc3cc(CO)ccn23)c1. The van der Waals surface area contributed by atoms with Gasteiger partial charge in [0.05, 0.1) is 18.0 Å². The fraction of sp³-hybridized carbons (Fsp3) is 0.235. The Labute approximate surface area is 129 Å². The molecule has 1 aromatic carbocycles. The molecule has 3 aromatic rings. The van der Waals surface area contributed by atoms with Crippen LogP contribution in [0.25, 0.3) is 5.65 Å². The Morgan fingerprint density at radius 1 is 1.05 bits per heavy atom. The molecule has 2 aromatic heterocycles. The number of benzene rings is 1. The fourth-order valence-corrected chi connectivity index (χ4v) is 2.52. The maximum atomic E-state index is 9.20. The number of aliphatic hydroxyl groups is 1. The van der Waals surface area contributed by atoms with E-state index in [1.54, 1.807) is 0 Å². The predicted octanol–water partition coefficient (Wildman–Crippen LogP) is 4.17. The Balaban J connectivity index is 2.02. The summed E-state index contributed by atoms with van der Waals surface area (Å²) in [5.74, 6) is 0.707. The Morgan fingerprint density at radius 3 is 2.45 bits per heavy atom.